The van der Waals surface area contributed by atoms with Crippen LogP contribution in [0.3, 0.4) is 0 Å². The molecule has 1 aromatic heterocycles. The molecule has 0 aliphatic carbocycles. The number of carbonyl (C=O) groups excluding carboxylic acids is 1. The summed E-state index contributed by atoms with van der Waals surface area (Å²) >= 11 is 0. The van der Waals surface area contributed by atoms with Crippen molar-refractivity contribution in [1.29, 1.82) is 0 Å². The van der Waals surface area contributed by atoms with Gasteiger partial charge < -0.3 is 19.8 Å². The summed E-state index contributed by atoms with van der Waals surface area (Å²) in [6, 6.07) is 5.50. The van der Waals surface area contributed by atoms with Crippen LogP contribution in [-0.4, -0.2) is 70.2 Å². The fraction of sp³-hybridized carbons (Fsp3) is 0.412. The van der Waals surface area contributed by atoms with Crippen LogP contribution in [0, 0.1) is 0 Å². The van der Waals surface area contributed by atoms with E-state index in [9.17, 15) is 18.0 Å². The van der Waals surface area contributed by atoms with Crippen LogP contribution in [-0.2, 0) is 19.5 Å². The van der Waals surface area contributed by atoms with E-state index >= 15 is 0 Å². The number of pyridine rings is 1. The second kappa shape index (κ2) is 8.17. The summed E-state index contributed by atoms with van der Waals surface area (Å²) in [6.45, 7) is 1.83. The van der Waals surface area contributed by atoms with Crippen molar-refractivity contribution in [3.8, 4) is 0 Å². The van der Waals surface area contributed by atoms with Crippen LogP contribution in [0.4, 0.5) is 0 Å². The van der Waals surface area contributed by atoms with Crippen LogP contribution >= 0.6 is 0 Å². The summed E-state index contributed by atoms with van der Waals surface area (Å²) in [5.74, 6) is -0.468. The molecule has 2 heterocycles. The van der Waals surface area contributed by atoms with Crippen LogP contribution in [0.25, 0.3) is 10.9 Å². The van der Waals surface area contributed by atoms with Crippen LogP contribution in [0.5, 0.6) is 0 Å². The maximum Gasteiger partial charge on any atom is 0.252 e. The summed E-state index contributed by atoms with van der Waals surface area (Å²) in [5.41, 5.74) is 0.0624. The van der Waals surface area contributed by atoms with Gasteiger partial charge in [-0.15, -0.1) is 0 Å². The first-order chi connectivity index (χ1) is 12.9. The normalized spacial score (nSPS) is 15.7. The number of aromatic amines is 1. The molecule has 146 valence electrons. The Hall–Kier alpha value is -2.27. The number of ether oxygens (including phenoxy) is 2. The first kappa shape index (κ1) is 19.5. The zero-order chi connectivity index (χ0) is 19.4. The van der Waals surface area contributed by atoms with E-state index in [1.165, 1.54) is 29.6 Å². The highest BCUT2D eigenvalue weighted by Crippen LogP contribution is 2.23. The number of hydrogen-bond donors (Lipinski definition) is 2. The van der Waals surface area contributed by atoms with Crippen LogP contribution < -0.4 is 10.9 Å². The Bertz CT molecular complexity index is 995. The monoisotopic (exact) mass is 395 g/mol. The van der Waals surface area contributed by atoms with Crippen molar-refractivity contribution < 1.29 is 22.7 Å². The second-order valence-electron chi connectivity index (χ2n) is 6.02. The van der Waals surface area contributed by atoms with Crippen molar-refractivity contribution in [3.63, 3.8) is 0 Å². The third kappa shape index (κ3) is 4.19. The zero-order valence-corrected chi connectivity index (χ0v) is 15.7. The molecular formula is C17H21N3O6S. The molecule has 1 saturated heterocycles. The molecule has 0 spiro atoms. The minimum absolute atomic E-state index is 0.0647. The number of sulfonamides is 1. The number of benzene rings is 1. The number of aromatic nitrogens is 1. The van der Waals surface area contributed by atoms with Gasteiger partial charge in [0.15, 0.2) is 0 Å². The number of amides is 1. The molecule has 3 rings (SSSR count). The molecule has 1 aromatic carbocycles. The van der Waals surface area contributed by atoms with E-state index in [0.29, 0.717) is 30.7 Å². The molecule has 0 atom stereocenters. The smallest absolute Gasteiger partial charge is 0.252 e. The van der Waals surface area contributed by atoms with Crippen LogP contribution in [0.1, 0.15) is 10.4 Å². The number of fused-ring (bicyclic) bond motifs is 1. The van der Waals surface area contributed by atoms with Gasteiger partial charge in [0.1, 0.15) is 0 Å². The molecule has 1 amide bonds. The van der Waals surface area contributed by atoms with E-state index in [1.54, 1.807) is 0 Å². The maximum atomic E-state index is 12.9. The predicted molar refractivity (Wildman–Crippen MR) is 98.4 cm³/mol. The lowest BCUT2D eigenvalue weighted by atomic mass is 10.1. The van der Waals surface area contributed by atoms with E-state index in [-0.39, 0.29) is 30.1 Å². The van der Waals surface area contributed by atoms with E-state index in [4.69, 9.17) is 9.47 Å². The van der Waals surface area contributed by atoms with Gasteiger partial charge in [-0.25, -0.2) is 8.42 Å². The summed E-state index contributed by atoms with van der Waals surface area (Å²) in [6.07, 6.45) is 0. The number of H-pyrrole nitrogens is 1. The molecule has 0 bridgehead atoms. The lowest BCUT2D eigenvalue weighted by molar-refractivity contribution is 0.0730. The average molecular weight is 395 g/mol. The molecule has 1 fully saturated rings. The second-order valence-corrected chi connectivity index (χ2v) is 7.96. The van der Waals surface area contributed by atoms with Gasteiger partial charge >= 0.3 is 0 Å². The van der Waals surface area contributed by atoms with E-state index in [1.807, 2.05) is 0 Å². The molecular weight excluding hydrogens is 374 g/mol. The molecule has 0 saturated carbocycles. The highest BCUT2D eigenvalue weighted by Gasteiger charge is 2.27. The first-order valence-corrected chi connectivity index (χ1v) is 9.89. The number of methoxy groups -OCH3 is 1. The lowest BCUT2D eigenvalue weighted by Crippen LogP contribution is -2.40. The fourth-order valence-electron chi connectivity index (χ4n) is 2.88. The van der Waals surface area contributed by atoms with E-state index < -0.39 is 21.5 Å². The topological polar surface area (TPSA) is 118 Å². The maximum absolute atomic E-state index is 12.9. The van der Waals surface area contributed by atoms with Gasteiger partial charge in [0.2, 0.25) is 15.6 Å². The quantitative estimate of drug-likeness (QED) is 0.661. The van der Waals surface area contributed by atoms with E-state index in [0.717, 1.165) is 6.07 Å². The Kier molecular flexibility index (Phi) is 5.90. The molecule has 0 radical (unpaired) electrons. The van der Waals surface area contributed by atoms with Crippen LogP contribution in [0.15, 0.2) is 34.0 Å². The minimum atomic E-state index is -3.72. The number of nitrogens with zero attached hydrogens (tertiary/aromatic N) is 1. The van der Waals surface area contributed by atoms with Crippen molar-refractivity contribution in [2.75, 3.05) is 46.6 Å². The van der Waals surface area contributed by atoms with Crippen molar-refractivity contribution >= 4 is 26.8 Å². The molecule has 9 nitrogen and oxygen atoms in total. The summed E-state index contributed by atoms with van der Waals surface area (Å²) in [4.78, 5) is 27.0. The zero-order valence-electron chi connectivity index (χ0n) is 14.9. The number of morpholine rings is 1. The average Bonchev–Trinajstić information content (AvgIpc) is 2.67. The Labute approximate surface area is 156 Å². The standard InChI is InChI=1S/C17H21N3O6S/c1-25-7-4-18-17(22)14-11-16(21)19-15-3-2-12(10-13(14)15)27(23,24)20-5-8-26-9-6-20/h2-3,10-11H,4-9H2,1H3,(H,18,22)(H,19,21). The Balaban J connectivity index is 2.03. The molecule has 2 aromatic rings. The van der Waals surface area contributed by atoms with Gasteiger partial charge in [0.25, 0.3) is 5.91 Å². The van der Waals surface area contributed by atoms with Crippen molar-refractivity contribution in [1.82, 2.24) is 14.6 Å². The highest BCUT2D eigenvalue weighted by molar-refractivity contribution is 7.89. The van der Waals surface area contributed by atoms with Crippen molar-refractivity contribution in [2.45, 2.75) is 4.90 Å². The predicted octanol–water partition coefficient (Wildman–Crippen LogP) is -0.0748. The van der Waals surface area contributed by atoms with Gasteiger partial charge in [-0.2, -0.15) is 4.31 Å². The third-order valence-electron chi connectivity index (χ3n) is 4.26. The highest BCUT2D eigenvalue weighted by atomic mass is 32.2. The fourth-order valence-corrected chi connectivity index (χ4v) is 4.31. The summed E-state index contributed by atoms with van der Waals surface area (Å²) in [7, 11) is -2.21. The van der Waals surface area contributed by atoms with Crippen molar-refractivity contribution in [3.05, 3.63) is 40.2 Å². The largest absolute Gasteiger partial charge is 0.383 e. The molecule has 2 N–H and O–H groups in total. The van der Waals surface area contributed by atoms with Gasteiger partial charge in [-0.05, 0) is 18.2 Å². The first-order valence-electron chi connectivity index (χ1n) is 8.45. The lowest BCUT2D eigenvalue weighted by Gasteiger charge is -2.26. The van der Waals surface area contributed by atoms with E-state index in [2.05, 4.69) is 10.3 Å². The Morgan fingerprint density at radius 3 is 2.74 bits per heavy atom. The summed E-state index contributed by atoms with van der Waals surface area (Å²) in [5, 5.41) is 3.01. The third-order valence-corrected chi connectivity index (χ3v) is 6.15. The van der Waals surface area contributed by atoms with Crippen LogP contribution in [0.2, 0.25) is 0 Å². The molecule has 0 unspecified atom stereocenters. The van der Waals surface area contributed by atoms with Gasteiger partial charge in [-0.3, -0.25) is 9.59 Å². The number of carbonyl (C=O) groups is 1. The molecule has 10 heteroatoms. The SMILES string of the molecule is COCCNC(=O)c1cc(=O)[nH]c2ccc(S(=O)(=O)N3CCOCC3)cc12. The number of nitrogens with one attached hydrogen (secondary N) is 2. The Morgan fingerprint density at radius 1 is 1.30 bits per heavy atom. The number of hydrogen-bond acceptors (Lipinski definition) is 6. The Morgan fingerprint density at radius 2 is 2.04 bits per heavy atom. The van der Waals surface area contributed by atoms with Gasteiger partial charge in [0.05, 0.1) is 30.3 Å². The summed E-state index contributed by atoms with van der Waals surface area (Å²) < 4.78 is 37.2. The van der Waals surface area contributed by atoms with Gasteiger partial charge in [-0.1, -0.05) is 0 Å². The van der Waals surface area contributed by atoms with Crippen molar-refractivity contribution in [2.24, 2.45) is 0 Å². The number of rotatable bonds is 6. The van der Waals surface area contributed by atoms with Gasteiger partial charge in [0, 0.05) is 43.7 Å². The molecule has 1 aliphatic heterocycles. The minimum Gasteiger partial charge on any atom is -0.383 e. The molecule has 1 aliphatic rings. The molecule has 27 heavy (non-hydrogen) atoms.